The van der Waals surface area contributed by atoms with Gasteiger partial charge in [0.15, 0.2) is 0 Å². The summed E-state index contributed by atoms with van der Waals surface area (Å²) in [6.07, 6.45) is -3.07. The van der Waals surface area contributed by atoms with Gasteiger partial charge in [-0.15, -0.1) is 13.2 Å². The normalized spacial score (nSPS) is 10.9. The fourth-order valence-electron chi connectivity index (χ4n) is 1.91. The molecule has 0 fully saturated rings. The Labute approximate surface area is 124 Å². The molecule has 0 amide bonds. The number of halogens is 3. The van der Waals surface area contributed by atoms with Gasteiger partial charge in [0.2, 0.25) is 5.88 Å². The molecule has 0 bridgehead atoms. The van der Waals surface area contributed by atoms with Crippen LogP contribution >= 0.6 is 0 Å². The van der Waals surface area contributed by atoms with Gasteiger partial charge in [-0.1, -0.05) is 12.1 Å². The van der Waals surface area contributed by atoms with Gasteiger partial charge in [-0.25, -0.2) is 4.98 Å². The number of methoxy groups -OCH3 is 1. The molecule has 0 saturated carbocycles. The summed E-state index contributed by atoms with van der Waals surface area (Å²) in [5.74, 6) is 0.0607. The molecule has 0 radical (unpaired) electrons. The third-order valence-corrected chi connectivity index (χ3v) is 2.84. The molecule has 0 aliphatic rings. The number of nitriles is 1. The second-order valence-corrected chi connectivity index (χ2v) is 4.29. The van der Waals surface area contributed by atoms with Crippen molar-refractivity contribution in [2.45, 2.75) is 12.8 Å². The van der Waals surface area contributed by atoms with Crippen molar-refractivity contribution < 1.29 is 22.6 Å². The van der Waals surface area contributed by atoms with E-state index in [2.05, 4.69) is 9.72 Å². The first-order valence-electron chi connectivity index (χ1n) is 6.19. The van der Waals surface area contributed by atoms with Crippen molar-refractivity contribution in [1.82, 2.24) is 4.98 Å². The first-order chi connectivity index (χ1) is 10.4. The molecule has 0 atom stereocenters. The Kier molecular flexibility index (Phi) is 4.51. The molecule has 0 N–H and O–H groups in total. The molecule has 114 valence electrons. The number of alkyl halides is 3. The Balaban J connectivity index is 2.33. The van der Waals surface area contributed by atoms with Crippen LogP contribution < -0.4 is 9.47 Å². The lowest BCUT2D eigenvalue weighted by atomic mass is 10.0. The zero-order valence-electron chi connectivity index (χ0n) is 11.5. The summed E-state index contributed by atoms with van der Waals surface area (Å²) in [4.78, 5) is 4.06. The van der Waals surface area contributed by atoms with Gasteiger partial charge in [0, 0.05) is 17.8 Å². The minimum Gasteiger partial charge on any atom is -0.481 e. The first kappa shape index (κ1) is 15.6. The van der Waals surface area contributed by atoms with Gasteiger partial charge in [-0.2, -0.15) is 5.26 Å². The van der Waals surface area contributed by atoms with Crippen molar-refractivity contribution in [1.29, 1.82) is 5.26 Å². The highest BCUT2D eigenvalue weighted by Crippen LogP contribution is 2.29. The molecule has 1 heterocycles. The lowest BCUT2D eigenvalue weighted by molar-refractivity contribution is -0.274. The van der Waals surface area contributed by atoms with Crippen LogP contribution in [0, 0.1) is 11.3 Å². The van der Waals surface area contributed by atoms with Gasteiger partial charge in [0.1, 0.15) is 5.75 Å². The second-order valence-electron chi connectivity index (χ2n) is 4.29. The van der Waals surface area contributed by atoms with Crippen LogP contribution in [-0.4, -0.2) is 18.5 Å². The predicted molar refractivity (Wildman–Crippen MR) is 72.2 cm³/mol. The van der Waals surface area contributed by atoms with E-state index < -0.39 is 6.36 Å². The summed E-state index contributed by atoms with van der Waals surface area (Å²) in [6.45, 7) is 0. The number of aromatic nitrogens is 1. The van der Waals surface area contributed by atoms with E-state index in [0.717, 1.165) is 0 Å². The highest BCUT2D eigenvalue weighted by molar-refractivity contribution is 5.68. The van der Waals surface area contributed by atoms with Crippen molar-refractivity contribution >= 4 is 0 Å². The second kappa shape index (κ2) is 6.35. The van der Waals surface area contributed by atoms with Gasteiger partial charge >= 0.3 is 6.36 Å². The number of hydrogen-bond donors (Lipinski definition) is 0. The molecule has 0 aliphatic heterocycles. The molecule has 1 aromatic heterocycles. The summed E-state index contributed by atoms with van der Waals surface area (Å²) < 4.78 is 45.2. The molecule has 2 aromatic rings. The fourth-order valence-corrected chi connectivity index (χ4v) is 1.91. The topological polar surface area (TPSA) is 55.1 Å². The van der Waals surface area contributed by atoms with Crippen molar-refractivity contribution in [2.24, 2.45) is 0 Å². The average Bonchev–Trinajstić information content (AvgIpc) is 2.47. The fraction of sp³-hybridized carbons (Fsp3) is 0.200. The number of ether oxygens (including phenoxy) is 2. The Morgan fingerprint density at radius 1 is 1.23 bits per heavy atom. The monoisotopic (exact) mass is 308 g/mol. The quantitative estimate of drug-likeness (QED) is 0.863. The summed E-state index contributed by atoms with van der Waals surface area (Å²) >= 11 is 0. The average molecular weight is 308 g/mol. The van der Waals surface area contributed by atoms with Crippen molar-refractivity contribution in [3.8, 4) is 28.8 Å². The Morgan fingerprint density at radius 2 is 1.91 bits per heavy atom. The van der Waals surface area contributed by atoms with Crippen LogP contribution in [0.3, 0.4) is 0 Å². The lowest BCUT2D eigenvalue weighted by Gasteiger charge is -2.11. The van der Waals surface area contributed by atoms with Gasteiger partial charge in [-0.05, 0) is 23.3 Å². The highest BCUT2D eigenvalue weighted by Gasteiger charge is 2.30. The maximum Gasteiger partial charge on any atom is 0.573 e. The minimum absolute atomic E-state index is 0.134. The van der Waals surface area contributed by atoms with Gasteiger partial charge in [-0.3, -0.25) is 0 Å². The molecule has 0 aliphatic carbocycles. The molecule has 0 saturated heterocycles. The van der Waals surface area contributed by atoms with E-state index in [4.69, 9.17) is 10.00 Å². The van der Waals surface area contributed by atoms with Crippen LogP contribution in [0.4, 0.5) is 13.2 Å². The largest absolute Gasteiger partial charge is 0.573 e. The molecule has 22 heavy (non-hydrogen) atoms. The molecule has 0 spiro atoms. The maximum absolute atomic E-state index is 12.1. The third-order valence-electron chi connectivity index (χ3n) is 2.84. The molecule has 1 aromatic carbocycles. The minimum atomic E-state index is -4.73. The Hall–Kier alpha value is -2.75. The highest BCUT2D eigenvalue weighted by atomic mass is 19.4. The van der Waals surface area contributed by atoms with E-state index in [0.29, 0.717) is 22.6 Å². The summed E-state index contributed by atoms with van der Waals surface area (Å²) in [5, 5.41) is 8.87. The lowest BCUT2D eigenvalue weighted by Crippen LogP contribution is -2.16. The molecule has 0 unspecified atom stereocenters. The zero-order valence-corrected chi connectivity index (χ0v) is 11.5. The Morgan fingerprint density at radius 3 is 2.45 bits per heavy atom. The van der Waals surface area contributed by atoms with Crippen LogP contribution in [0.15, 0.2) is 36.5 Å². The molecule has 2 rings (SSSR count). The molecular formula is C15H11F3N2O2. The Bertz CT molecular complexity index is 691. The predicted octanol–water partition coefficient (Wildman–Crippen LogP) is 3.72. The summed E-state index contributed by atoms with van der Waals surface area (Å²) in [6, 6.07) is 9.03. The first-order valence-corrected chi connectivity index (χ1v) is 6.19. The molecular weight excluding hydrogens is 297 g/mol. The van der Waals surface area contributed by atoms with Crippen LogP contribution in [0.2, 0.25) is 0 Å². The smallest absolute Gasteiger partial charge is 0.481 e. The van der Waals surface area contributed by atoms with Crippen molar-refractivity contribution in [3.63, 3.8) is 0 Å². The van der Waals surface area contributed by atoms with Gasteiger partial charge in [0.25, 0.3) is 0 Å². The van der Waals surface area contributed by atoms with Crippen molar-refractivity contribution in [3.05, 3.63) is 42.1 Å². The van der Waals surface area contributed by atoms with E-state index in [9.17, 15) is 13.2 Å². The number of rotatable bonds is 4. The number of nitrogens with zero attached hydrogens (tertiary/aromatic N) is 2. The van der Waals surface area contributed by atoms with Crippen LogP contribution in [-0.2, 0) is 6.42 Å². The molecule has 4 nitrogen and oxygen atoms in total. The standard InChI is InChI=1S/C15H11F3N2O2/c1-21-14-8-11(6-7-19)13(9-20-14)10-2-4-12(5-3-10)22-15(16,17)18/h2-5,8-9H,6H2,1H3. The summed E-state index contributed by atoms with van der Waals surface area (Å²) in [5.41, 5.74) is 1.97. The van der Waals surface area contributed by atoms with Gasteiger partial charge in [0.05, 0.1) is 19.6 Å². The van der Waals surface area contributed by atoms with E-state index in [-0.39, 0.29) is 12.2 Å². The van der Waals surface area contributed by atoms with E-state index in [1.54, 1.807) is 6.07 Å². The van der Waals surface area contributed by atoms with E-state index >= 15 is 0 Å². The SMILES string of the molecule is COc1cc(CC#N)c(-c2ccc(OC(F)(F)F)cc2)cn1. The van der Waals surface area contributed by atoms with E-state index in [1.165, 1.54) is 37.6 Å². The zero-order chi connectivity index (χ0) is 16.2. The van der Waals surface area contributed by atoms with Crippen LogP contribution in [0.25, 0.3) is 11.1 Å². The van der Waals surface area contributed by atoms with E-state index in [1.807, 2.05) is 6.07 Å². The van der Waals surface area contributed by atoms with Crippen molar-refractivity contribution in [2.75, 3.05) is 7.11 Å². The number of benzene rings is 1. The summed E-state index contributed by atoms with van der Waals surface area (Å²) in [7, 11) is 1.46. The third kappa shape index (κ3) is 3.88. The maximum atomic E-state index is 12.1. The van der Waals surface area contributed by atoms with Gasteiger partial charge < -0.3 is 9.47 Å². The molecule has 7 heteroatoms. The van der Waals surface area contributed by atoms with Crippen LogP contribution in [0.5, 0.6) is 11.6 Å². The van der Waals surface area contributed by atoms with Crippen LogP contribution in [0.1, 0.15) is 5.56 Å². The number of pyridine rings is 1. The number of hydrogen-bond acceptors (Lipinski definition) is 4.